The van der Waals surface area contributed by atoms with E-state index in [4.69, 9.17) is 4.74 Å². The Morgan fingerprint density at radius 3 is 2.75 bits per heavy atom. The van der Waals surface area contributed by atoms with Crippen LogP contribution in [0, 0.1) is 11.8 Å². The normalized spacial score (nSPS) is 33.1. The molecule has 2 heterocycles. The lowest BCUT2D eigenvalue weighted by Crippen LogP contribution is -2.50. The molecule has 20 heavy (non-hydrogen) atoms. The monoisotopic (exact) mass is 273 g/mol. The fourth-order valence-electron chi connectivity index (χ4n) is 4.18. The second-order valence-corrected chi connectivity index (χ2v) is 6.20. The average Bonchev–Trinajstić information content (AvgIpc) is 2.72. The molecule has 0 amide bonds. The Bertz CT molecular complexity index is 473. The number of nitrogens with zero attached hydrogens (tertiary/aromatic N) is 1. The second kappa shape index (κ2) is 5.57. The fraction of sp³-hybridized carbons (Fsp3) is 0.588. The number of benzene rings is 1. The summed E-state index contributed by atoms with van der Waals surface area (Å²) < 4.78 is 5.09. The van der Waals surface area contributed by atoms with Crippen molar-refractivity contribution in [2.45, 2.75) is 37.8 Å². The molecule has 0 spiro atoms. The van der Waals surface area contributed by atoms with Crippen molar-refractivity contribution in [2.24, 2.45) is 11.8 Å². The third-order valence-corrected chi connectivity index (χ3v) is 5.21. The van der Waals surface area contributed by atoms with Crippen LogP contribution in [-0.4, -0.2) is 37.1 Å². The summed E-state index contributed by atoms with van der Waals surface area (Å²) in [5.41, 5.74) is 1.33. The molecule has 2 aliphatic rings. The van der Waals surface area contributed by atoms with Crippen LogP contribution in [-0.2, 0) is 16.0 Å². The Hall–Kier alpha value is -1.35. The number of fused-ring (bicyclic) bond motifs is 2. The quantitative estimate of drug-likeness (QED) is 0.793. The molecule has 0 radical (unpaired) electrons. The van der Waals surface area contributed by atoms with Gasteiger partial charge in [0.25, 0.3) is 0 Å². The second-order valence-electron chi connectivity index (χ2n) is 6.20. The summed E-state index contributed by atoms with van der Waals surface area (Å²) in [7, 11) is 3.68. The summed E-state index contributed by atoms with van der Waals surface area (Å²) in [4.78, 5) is 14.7. The average molecular weight is 273 g/mol. The van der Waals surface area contributed by atoms with Crippen LogP contribution >= 0.6 is 0 Å². The van der Waals surface area contributed by atoms with Crippen molar-refractivity contribution in [3.63, 3.8) is 0 Å². The Kier molecular flexibility index (Phi) is 3.79. The molecule has 1 aromatic rings. The van der Waals surface area contributed by atoms with Gasteiger partial charge >= 0.3 is 5.97 Å². The molecule has 2 bridgehead atoms. The highest BCUT2D eigenvalue weighted by Crippen LogP contribution is 2.43. The number of hydrogen-bond acceptors (Lipinski definition) is 3. The first kappa shape index (κ1) is 13.6. The van der Waals surface area contributed by atoms with Gasteiger partial charge in [-0.15, -0.1) is 0 Å². The number of methoxy groups -OCH3 is 1. The van der Waals surface area contributed by atoms with E-state index >= 15 is 0 Å². The van der Waals surface area contributed by atoms with E-state index in [0.717, 1.165) is 19.3 Å². The molecule has 2 unspecified atom stereocenters. The van der Waals surface area contributed by atoms with Crippen molar-refractivity contribution >= 4 is 5.97 Å². The summed E-state index contributed by atoms with van der Waals surface area (Å²) in [5, 5.41) is 0. The molecule has 1 aromatic carbocycles. The molecule has 2 fully saturated rings. The SMILES string of the molecule is COC(=O)[C@H]1C2CCC(C[C@@H]1Cc1ccccc1)N2C. The lowest BCUT2D eigenvalue weighted by atomic mass is 9.77. The van der Waals surface area contributed by atoms with Crippen molar-refractivity contribution < 1.29 is 9.53 Å². The predicted octanol–water partition coefficient (Wildman–Crippen LogP) is 2.50. The van der Waals surface area contributed by atoms with Gasteiger partial charge in [-0.1, -0.05) is 30.3 Å². The minimum absolute atomic E-state index is 0.0249. The highest BCUT2D eigenvalue weighted by Gasteiger charge is 2.48. The molecule has 3 heteroatoms. The molecule has 0 N–H and O–H groups in total. The Morgan fingerprint density at radius 2 is 2.05 bits per heavy atom. The molecule has 2 saturated heterocycles. The lowest BCUT2D eigenvalue weighted by Gasteiger charge is -2.41. The third-order valence-electron chi connectivity index (χ3n) is 5.21. The van der Waals surface area contributed by atoms with Crippen LogP contribution in [0.5, 0.6) is 0 Å². The molecule has 0 aliphatic carbocycles. The van der Waals surface area contributed by atoms with E-state index in [1.54, 1.807) is 0 Å². The summed E-state index contributed by atoms with van der Waals surface area (Å²) in [6.07, 6.45) is 4.45. The Labute approximate surface area is 120 Å². The molecule has 4 atom stereocenters. The van der Waals surface area contributed by atoms with Gasteiger partial charge < -0.3 is 4.74 Å². The van der Waals surface area contributed by atoms with Crippen LogP contribution in [0.15, 0.2) is 30.3 Å². The minimum atomic E-state index is -0.0249. The molecule has 3 rings (SSSR count). The van der Waals surface area contributed by atoms with Crippen molar-refractivity contribution in [3.05, 3.63) is 35.9 Å². The number of hydrogen-bond donors (Lipinski definition) is 0. The summed E-state index contributed by atoms with van der Waals surface area (Å²) in [6, 6.07) is 11.5. The van der Waals surface area contributed by atoms with Gasteiger partial charge in [-0.3, -0.25) is 9.69 Å². The number of carbonyl (C=O) groups excluding carboxylic acids is 1. The van der Waals surface area contributed by atoms with Crippen molar-refractivity contribution in [3.8, 4) is 0 Å². The summed E-state index contributed by atoms with van der Waals surface area (Å²) in [5.74, 6) is 0.422. The van der Waals surface area contributed by atoms with Gasteiger partial charge in [0.15, 0.2) is 0 Å². The molecule has 108 valence electrons. The van der Waals surface area contributed by atoms with E-state index in [1.165, 1.54) is 19.1 Å². The topological polar surface area (TPSA) is 29.5 Å². The van der Waals surface area contributed by atoms with Crippen molar-refractivity contribution in [1.29, 1.82) is 0 Å². The van der Waals surface area contributed by atoms with Gasteiger partial charge in [0, 0.05) is 12.1 Å². The van der Waals surface area contributed by atoms with E-state index in [-0.39, 0.29) is 11.9 Å². The molecule has 0 saturated carbocycles. The van der Waals surface area contributed by atoms with Crippen LogP contribution < -0.4 is 0 Å². The van der Waals surface area contributed by atoms with Gasteiger partial charge in [0.1, 0.15) is 0 Å². The van der Waals surface area contributed by atoms with Crippen LogP contribution in [0.4, 0.5) is 0 Å². The summed E-state index contributed by atoms with van der Waals surface area (Å²) in [6.45, 7) is 0. The van der Waals surface area contributed by atoms with E-state index in [1.807, 2.05) is 6.07 Å². The number of piperidine rings is 1. The smallest absolute Gasteiger partial charge is 0.310 e. The minimum Gasteiger partial charge on any atom is -0.469 e. The van der Waals surface area contributed by atoms with Gasteiger partial charge in [-0.25, -0.2) is 0 Å². The molecule has 0 aromatic heterocycles. The van der Waals surface area contributed by atoms with E-state index in [0.29, 0.717) is 18.0 Å². The first-order valence-electron chi connectivity index (χ1n) is 7.54. The molecule has 2 aliphatic heterocycles. The number of carbonyl (C=O) groups is 1. The van der Waals surface area contributed by atoms with Gasteiger partial charge in [0.05, 0.1) is 13.0 Å². The van der Waals surface area contributed by atoms with Gasteiger partial charge in [0.2, 0.25) is 0 Å². The highest BCUT2D eigenvalue weighted by atomic mass is 16.5. The zero-order chi connectivity index (χ0) is 14.1. The van der Waals surface area contributed by atoms with E-state index in [2.05, 4.69) is 36.2 Å². The Balaban J connectivity index is 1.82. The molecular formula is C17H23NO2. The van der Waals surface area contributed by atoms with E-state index in [9.17, 15) is 4.79 Å². The van der Waals surface area contributed by atoms with Crippen LogP contribution in [0.25, 0.3) is 0 Å². The first-order valence-corrected chi connectivity index (χ1v) is 7.54. The molecular weight excluding hydrogens is 250 g/mol. The van der Waals surface area contributed by atoms with Crippen LogP contribution in [0.2, 0.25) is 0 Å². The Morgan fingerprint density at radius 1 is 1.30 bits per heavy atom. The summed E-state index contributed by atoms with van der Waals surface area (Å²) >= 11 is 0. The number of esters is 1. The number of rotatable bonds is 3. The maximum atomic E-state index is 12.3. The van der Waals surface area contributed by atoms with Crippen molar-refractivity contribution in [1.82, 2.24) is 4.90 Å². The van der Waals surface area contributed by atoms with Crippen LogP contribution in [0.1, 0.15) is 24.8 Å². The highest BCUT2D eigenvalue weighted by molar-refractivity contribution is 5.74. The predicted molar refractivity (Wildman–Crippen MR) is 78.3 cm³/mol. The maximum Gasteiger partial charge on any atom is 0.310 e. The number of ether oxygens (including phenoxy) is 1. The van der Waals surface area contributed by atoms with Gasteiger partial charge in [-0.05, 0) is 44.2 Å². The zero-order valence-electron chi connectivity index (χ0n) is 12.3. The van der Waals surface area contributed by atoms with Crippen molar-refractivity contribution in [2.75, 3.05) is 14.2 Å². The van der Waals surface area contributed by atoms with Crippen LogP contribution in [0.3, 0.4) is 0 Å². The first-order chi connectivity index (χ1) is 9.70. The maximum absolute atomic E-state index is 12.3. The fourth-order valence-corrected chi connectivity index (χ4v) is 4.18. The van der Waals surface area contributed by atoms with Gasteiger partial charge in [-0.2, -0.15) is 0 Å². The standard InChI is InChI=1S/C17H23NO2/c1-18-14-8-9-15(18)16(17(19)20-2)13(11-14)10-12-6-4-3-5-7-12/h3-7,13-16H,8-11H2,1-2H3/t13-,14?,15?,16+/m0/s1. The lowest BCUT2D eigenvalue weighted by molar-refractivity contribution is -0.152. The third kappa shape index (κ3) is 2.35. The largest absolute Gasteiger partial charge is 0.469 e. The molecule has 3 nitrogen and oxygen atoms in total. The van der Waals surface area contributed by atoms with E-state index < -0.39 is 0 Å². The zero-order valence-corrected chi connectivity index (χ0v) is 12.3.